The number of anilines is 2. The van der Waals surface area contributed by atoms with Gasteiger partial charge in [0.15, 0.2) is 5.11 Å². The third kappa shape index (κ3) is 4.75. The van der Waals surface area contributed by atoms with E-state index >= 15 is 0 Å². The van der Waals surface area contributed by atoms with Crippen molar-refractivity contribution in [2.24, 2.45) is 5.92 Å². The van der Waals surface area contributed by atoms with Gasteiger partial charge in [-0.25, -0.2) is 4.98 Å². The predicted octanol–water partition coefficient (Wildman–Crippen LogP) is 6.99. The molecule has 0 unspecified atom stereocenters. The first kappa shape index (κ1) is 25.2. The van der Waals surface area contributed by atoms with E-state index in [0.29, 0.717) is 10.1 Å². The van der Waals surface area contributed by atoms with Crippen LogP contribution in [0.15, 0.2) is 79.3 Å². The molecule has 1 aromatic carbocycles. The second-order valence-corrected chi connectivity index (χ2v) is 11.2. The van der Waals surface area contributed by atoms with Crippen LogP contribution in [-0.4, -0.2) is 32.7 Å². The number of hydrogen-bond donors (Lipinski definition) is 1. The molecule has 3 aromatic heterocycles. The largest absolute Gasteiger partial charge is 0.370 e. The molecule has 2 atom stereocenters. The topological polar surface area (TPSA) is 49.2 Å². The van der Waals surface area contributed by atoms with E-state index in [1.807, 2.05) is 54.9 Å². The summed E-state index contributed by atoms with van der Waals surface area (Å²) in [7, 11) is 0. The SMILES string of the molecule is CC1CCN(c2ccc(N3C(=S)N[C@H](c4ccccn4)[C@H]3c3cccn3-c3ccc(Cl)cn3)cc2Cl)CC1. The Labute approximate surface area is 238 Å². The van der Waals surface area contributed by atoms with E-state index in [2.05, 4.69) is 54.8 Å². The van der Waals surface area contributed by atoms with Crippen molar-refractivity contribution in [3.8, 4) is 5.82 Å². The van der Waals surface area contributed by atoms with Gasteiger partial charge in [-0.2, -0.15) is 0 Å². The summed E-state index contributed by atoms with van der Waals surface area (Å²) < 4.78 is 2.07. The molecule has 2 aliphatic rings. The molecule has 1 N–H and O–H groups in total. The molecule has 0 bridgehead atoms. The fourth-order valence-corrected chi connectivity index (χ4v) is 6.19. The molecule has 38 heavy (non-hydrogen) atoms. The van der Waals surface area contributed by atoms with Crippen LogP contribution in [0.3, 0.4) is 0 Å². The molecule has 2 aliphatic heterocycles. The normalized spacial score (nSPS) is 20.1. The number of hydrogen-bond acceptors (Lipinski definition) is 4. The lowest BCUT2D eigenvalue weighted by Crippen LogP contribution is -2.33. The number of aromatic nitrogens is 3. The Hall–Kier alpha value is -3.13. The van der Waals surface area contributed by atoms with Crippen molar-refractivity contribution in [2.75, 3.05) is 22.9 Å². The standard InChI is InChI=1S/C29H28Cl2N6S/c1-19-11-15-35(16-12-19)24-9-8-21(17-22(24)31)37-28(27(34-29(37)38)23-5-2-3-13-32-23)25-6-4-14-36(25)26-10-7-20(30)18-33-26/h2-10,13-14,17-19,27-28H,11-12,15-16H2,1H3,(H,34,38)/t27-,28-/m1/s1. The van der Waals surface area contributed by atoms with Gasteiger partial charge in [-0.1, -0.05) is 36.2 Å². The molecule has 9 heteroatoms. The number of halogens is 2. The van der Waals surface area contributed by atoms with Crippen LogP contribution in [0.5, 0.6) is 0 Å². The van der Waals surface area contributed by atoms with Crippen LogP contribution < -0.4 is 15.1 Å². The molecule has 0 amide bonds. The molecular weight excluding hydrogens is 535 g/mol. The number of rotatable bonds is 5. The Balaban J connectivity index is 1.42. The first-order valence-corrected chi connectivity index (χ1v) is 14.0. The maximum Gasteiger partial charge on any atom is 0.174 e. The molecule has 6 rings (SSSR count). The Morgan fingerprint density at radius 1 is 0.974 bits per heavy atom. The van der Waals surface area contributed by atoms with Gasteiger partial charge >= 0.3 is 0 Å². The molecule has 5 heterocycles. The van der Waals surface area contributed by atoms with Gasteiger partial charge in [0.25, 0.3) is 0 Å². The van der Waals surface area contributed by atoms with Gasteiger partial charge in [-0.3, -0.25) is 4.98 Å². The average molecular weight is 564 g/mol. The number of piperidine rings is 1. The third-order valence-electron chi connectivity index (χ3n) is 7.47. The molecule has 0 radical (unpaired) electrons. The van der Waals surface area contributed by atoms with Gasteiger partial charge < -0.3 is 19.7 Å². The van der Waals surface area contributed by atoms with Crippen LogP contribution in [0.1, 0.15) is 43.2 Å². The molecular formula is C29H28Cl2N6S. The van der Waals surface area contributed by atoms with Crippen LogP contribution in [0, 0.1) is 5.92 Å². The Bertz CT molecular complexity index is 1430. The Morgan fingerprint density at radius 2 is 1.82 bits per heavy atom. The third-order valence-corrected chi connectivity index (χ3v) is 8.31. The predicted molar refractivity (Wildman–Crippen MR) is 159 cm³/mol. The number of benzene rings is 1. The molecule has 4 aromatic rings. The first-order chi connectivity index (χ1) is 18.5. The van der Waals surface area contributed by atoms with Gasteiger partial charge in [0.05, 0.1) is 27.5 Å². The summed E-state index contributed by atoms with van der Waals surface area (Å²) in [6.45, 7) is 4.36. The van der Waals surface area contributed by atoms with Crippen molar-refractivity contribution in [1.29, 1.82) is 0 Å². The highest BCUT2D eigenvalue weighted by atomic mass is 35.5. The number of pyridine rings is 2. The molecule has 0 saturated carbocycles. The minimum Gasteiger partial charge on any atom is -0.370 e. The summed E-state index contributed by atoms with van der Waals surface area (Å²) in [5, 5.41) is 5.48. The quantitative estimate of drug-likeness (QED) is 0.264. The van der Waals surface area contributed by atoms with Crippen LogP contribution in [0.25, 0.3) is 5.82 Å². The lowest BCUT2D eigenvalue weighted by atomic mass is 9.98. The van der Waals surface area contributed by atoms with Crippen molar-refractivity contribution < 1.29 is 0 Å². The van der Waals surface area contributed by atoms with Crippen LogP contribution in [0.2, 0.25) is 10.0 Å². The highest BCUT2D eigenvalue weighted by Gasteiger charge is 2.42. The number of nitrogens with one attached hydrogen (secondary N) is 1. The van der Waals surface area contributed by atoms with Crippen LogP contribution in [0.4, 0.5) is 11.4 Å². The fourth-order valence-electron chi connectivity index (χ4n) is 5.44. The maximum absolute atomic E-state index is 6.92. The molecule has 2 fully saturated rings. The molecule has 0 spiro atoms. The van der Waals surface area contributed by atoms with E-state index in [1.54, 1.807) is 6.20 Å². The van der Waals surface area contributed by atoms with Crippen LogP contribution >= 0.6 is 35.4 Å². The average Bonchev–Trinajstić information content (AvgIpc) is 3.54. The molecule has 194 valence electrons. The summed E-state index contributed by atoms with van der Waals surface area (Å²) in [6, 6.07) is 19.7. The van der Waals surface area contributed by atoms with Crippen LogP contribution in [-0.2, 0) is 0 Å². The zero-order valence-electron chi connectivity index (χ0n) is 21.0. The van der Waals surface area contributed by atoms with Gasteiger partial charge in [0.2, 0.25) is 0 Å². The van der Waals surface area contributed by atoms with Crippen molar-refractivity contribution in [3.63, 3.8) is 0 Å². The minimum absolute atomic E-state index is 0.174. The smallest absolute Gasteiger partial charge is 0.174 e. The summed E-state index contributed by atoms with van der Waals surface area (Å²) in [4.78, 5) is 13.8. The minimum atomic E-state index is -0.192. The van der Waals surface area contributed by atoms with Crippen molar-refractivity contribution in [2.45, 2.75) is 31.8 Å². The second-order valence-electron chi connectivity index (χ2n) is 9.94. The summed E-state index contributed by atoms with van der Waals surface area (Å²) in [5.41, 5.74) is 3.94. The monoisotopic (exact) mass is 562 g/mol. The Morgan fingerprint density at radius 3 is 2.53 bits per heavy atom. The number of nitrogens with zero attached hydrogens (tertiary/aromatic N) is 5. The zero-order valence-corrected chi connectivity index (χ0v) is 23.3. The highest BCUT2D eigenvalue weighted by molar-refractivity contribution is 7.80. The van der Waals surface area contributed by atoms with E-state index in [1.165, 1.54) is 12.8 Å². The summed E-state index contributed by atoms with van der Waals surface area (Å²) in [6.07, 6.45) is 7.84. The lowest BCUT2D eigenvalue weighted by molar-refractivity contribution is 0.438. The van der Waals surface area contributed by atoms with E-state index in [9.17, 15) is 0 Å². The maximum atomic E-state index is 6.92. The van der Waals surface area contributed by atoms with Crippen molar-refractivity contribution in [3.05, 3.63) is 101 Å². The molecule has 6 nitrogen and oxygen atoms in total. The van der Waals surface area contributed by atoms with Gasteiger partial charge in [-0.05, 0) is 85.6 Å². The second kappa shape index (κ2) is 10.6. The molecule has 2 saturated heterocycles. The fraction of sp³-hybridized carbons (Fsp3) is 0.276. The molecule has 0 aliphatic carbocycles. The van der Waals surface area contributed by atoms with Gasteiger partial charge in [0.1, 0.15) is 11.9 Å². The van der Waals surface area contributed by atoms with Crippen molar-refractivity contribution >= 4 is 51.9 Å². The van der Waals surface area contributed by atoms with E-state index in [0.717, 1.165) is 52.6 Å². The summed E-state index contributed by atoms with van der Waals surface area (Å²) >= 11 is 19.0. The van der Waals surface area contributed by atoms with Gasteiger partial charge in [0, 0.05) is 43.1 Å². The zero-order chi connectivity index (χ0) is 26.2. The van der Waals surface area contributed by atoms with E-state index < -0.39 is 0 Å². The lowest BCUT2D eigenvalue weighted by Gasteiger charge is -2.33. The van der Waals surface area contributed by atoms with E-state index in [-0.39, 0.29) is 12.1 Å². The number of thiocarbonyl (C=S) groups is 1. The first-order valence-electron chi connectivity index (χ1n) is 12.8. The van der Waals surface area contributed by atoms with Crippen molar-refractivity contribution in [1.82, 2.24) is 19.9 Å². The van der Waals surface area contributed by atoms with E-state index in [4.69, 9.17) is 35.4 Å². The highest BCUT2D eigenvalue weighted by Crippen LogP contribution is 2.44. The summed E-state index contributed by atoms with van der Waals surface area (Å²) in [5.74, 6) is 1.53. The Kier molecular flexibility index (Phi) is 6.99. The van der Waals surface area contributed by atoms with Gasteiger partial charge in [-0.15, -0.1) is 0 Å².